The minimum Gasteiger partial charge on any atom is -0.328 e. The highest BCUT2D eigenvalue weighted by Gasteiger charge is 2.32. The summed E-state index contributed by atoms with van der Waals surface area (Å²) in [5.41, 5.74) is 5.93. The van der Waals surface area contributed by atoms with Gasteiger partial charge in [0.05, 0.1) is 0 Å². The van der Waals surface area contributed by atoms with Crippen LogP contribution in [-0.4, -0.2) is 30.1 Å². The van der Waals surface area contributed by atoms with Gasteiger partial charge in [-0.1, -0.05) is 6.42 Å². The van der Waals surface area contributed by atoms with E-state index < -0.39 is 0 Å². The molecular formula is C12H24N2. The van der Waals surface area contributed by atoms with Crippen LogP contribution in [0, 0.1) is 5.92 Å². The van der Waals surface area contributed by atoms with Crippen molar-refractivity contribution in [2.75, 3.05) is 13.1 Å². The van der Waals surface area contributed by atoms with E-state index in [1.54, 1.807) is 0 Å². The zero-order valence-corrected chi connectivity index (χ0v) is 9.41. The summed E-state index contributed by atoms with van der Waals surface area (Å²) in [5.74, 6) is 0.893. The molecule has 0 bridgehead atoms. The van der Waals surface area contributed by atoms with Crippen molar-refractivity contribution in [2.24, 2.45) is 11.7 Å². The Morgan fingerprint density at radius 1 is 1.21 bits per heavy atom. The lowest BCUT2D eigenvalue weighted by Crippen LogP contribution is -2.48. The number of fused-ring (bicyclic) bond motifs is 1. The second kappa shape index (κ2) is 4.63. The van der Waals surface area contributed by atoms with Crippen molar-refractivity contribution in [3.8, 4) is 0 Å². The average Bonchev–Trinajstić information content (AvgIpc) is 2.18. The molecule has 0 aromatic heterocycles. The van der Waals surface area contributed by atoms with Crippen LogP contribution < -0.4 is 5.73 Å². The highest BCUT2D eigenvalue weighted by atomic mass is 15.2. The highest BCUT2D eigenvalue weighted by molar-refractivity contribution is 4.88. The molecule has 0 aromatic rings. The number of rotatable bonds is 2. The van der Waals surface area contributed by atoms with Gasteiger partial charge in [-0.3, -0.25) is 0 Å². The van der Waals surface area contributed by atoms with Crippen molar-refractivity contribution >= 4 is 0 Å². The molecule has 0 saturated carbocycles. The van der Waals surface area contributed by atoms with Gasteiger partial charge < -0.3 is 10.6 Å². The molecule has 2 N–H and O–H groups in total. The van der Waals surface area contributed by atoms with E-state index in [0.717, 1.165) is 12.0 Å². The van der Waals surface area contributed by atoms with E-state index in [9.17, 15) is 0 Å². The van der Waals surface area contributed by atoms with Crippen LogP contribution in [0.2, 0.25) is 0 Å². The zero-order valence-electron chi connectivity index (χ0n) is 9.41. The fraction of sp³-hybridized carbons (Fsp3) is 1.00. The van der Waals surface area contributed by atoms with E-state index in [-0.39, 0.29) is 0 Å². The highest BCUT2D eigenvalue weighted by Crippen LogP contribution is 2.33. The Labute approximate surface area is 87.8 Å². The summed E-state index contributed by atoms with van der Waals surface area (Å²) in [6.45, 7) is 4.85. The summed E-state index contributed by atoms with van der Waals surface area (Å²) in [5, 5.41) is 0. The lowest BCUT2D eigenvalue weighted by molar-refractivity contribution is 0.0535. The first kappa shape index (κ1) is 10.4. The summed E-state index contributed by atoms with van der Waals surface area (Å²) in [6, 6.07) is 1.27. The fourth-order valence-corrected chi connectivity index (χ4v) is 3.33. The maximum Gasteiger partial charge on any atom is 0.0124 e. The summed E-state index contributed by atoms with van der Waals surface area (Å²) in [6.07, 6.45) is 8.34. The Kier molecular flexibility index (Phi) is 3.45. The standard InChI is InChI=1S/C12H24N2/c1-10(13)9-11-5-4-8-14-7-3-2-6-12(11)14/h10-12H,2-9,13H2,1H3/t10?,11-,12+/m0/s1. The topological polar surface area (TPSA) is 29.3 Å². The number of piperidine rings is 2. The molecule has 1 unspecified atom stereocenters. The third-order valence-electron chi connectivity index (χ3n) is 3.90. The van der Waals surface area contributed by atoms with Gasteiger partial charge in [-0.05, 0) is 58.0 Å². The average molecular weight is 196 g/mol. The number of hydrogen-bond donors (Lipinski definition) is 1. The fourth-order valence-electron chi connectivity index (χ4n) is 3.33. The first-order valence-corrected chi connectivity index (χ1v) is 6.27. The molecule has 2 aliphatic rings. The van der Waals surface area contributed by atoms with E-state index in [4.69, 9.17) is 5.73 Å². The maximum absolute atomic E-state index is 5.93. The van der Waals surface area contributed by atoms with Gasteiger partial charge in [0.25, 0.3) is 0 Å². The number of hydrogen-bond acceptors (Lipinski definition) is 2. The molecule has 2 saturated heterocycles. The van der Waals surface area contributed by atoms with Crippen LogP contribution in [0.1, 0.15) is 45.4 Å². The quantitative estimate of drug-likeness (QED) is 0.732. The molecule has 0 aromatic carbocycles. The lowest BCUT2D eigenvalue weighted by Gasteiger charge is -2.45. The van der Waals surface area contributed by atoms with Crippen LogP contribution in [0.4, 0.5) is 0 Å². The summed E-state index contributed by atoms with van der Waals surface area (Å²) < 4.78 is 0. The minimum absolute atomic E-state index is 0.391. The van der Waals surface area contributed by atoms with Crippen molar-refractivity contribution in [1.29, 1.82) is 0 Å². The normalized spacial score (nSPS) is 36.4. The number of nitrogens with two attached hydrogens (primary N) is 1. The second-order valence-corrected chi connectivity index (χ2v) is 5.21. The SMILES string of the molecule is CC(N)C[C@@H]1CCCN2CCCC[C@H]12. The molecule has 82 valence electrons. The van der Waals surface area contributed by atoms with Gasteiger partial charge in [-0.25, -0.2) is 0 Å². The van der Waals surface area contributed by atoms with Crippen LogP contribution in [-0.2, 0) is 0 Å². The molecule has 2 nitrogen and oxygen atoms in total. The second-order valence-electron chi connectivity index (χ2n) is 5.21. The van der Waals surface area contributed by atoms with E-state index in [1.807, 2.05) is 0 Å². The van der Waals surface area contributed by atoms with Crippen LogP contribution in [0.25, 0.3) is 0 Å². The summed E-state index contributed by atoms with van der Waals surface area (Å²) in [7, 11) is 0. The summed E-state index contributed by atoms with van der Waals surface area (Å²) >= 11 is 0. The van der Waals surface area contributed by atoms with Crippen molar-refractivity contribution in [2.45, 2.75) is 57.5 Å². The van der Waals surface area contributed by atoms with Gasteiger partial charge in [-0.2, -0.15) is 0 Å². The van der Waals surface area contributed by atoms with Gasteiger partial charge in [0.15, 0.2) is 0 Å². The van der Waals surface area contributed by atoms with Crippen LogP contribution >= 0.6 is 0 Å². The molecule has 0 amide bonds. The minimum atomic E-state index is 0.391. The van der Waals surface area contributed by atoms with Crippen molar-refractivity contribution in [1.82, 2.24) is 4.90 Å². The Morgan fingerprint density at radius 3 is 2.79 bits per heavy atom. The molecule has 2 heterocycles. The Morgan fingerprint density at radius 2 is 2.00 bits per heavy atom. The van der Waals surface area contributed by atoms with Gasteiger partial charge in [-0.15, -0.1) is 0 Å². The third kappa shape index (κ3) is 2.29. The maximum atomic E-state index is 5.93. The van der Waals surface area contributed by atoms with Gasteiger partial charge in [0.1, 0.15) is 0 Å². The van der Waals surface area contributed by atoms with Gasteiger partial charge in [0.2, 0.25) is 0 Å². The van der Waals surface area contributed by atoms with E-state index >= 15 is 0 Å². The van der Waals surface area contributed by atoms with Crippen LogP contribution in [0.5, 0.6) is 0 Å². The van der Waals surface area contributed by atoms with Crippen molar-refractivity contribution in [3.05, 3.63) is 0 Å². The van der Waals surface area contributed by atoms with Crippen molar-refractivity contribution < 1.29 is 0 Å². The van der Waals surface area contributed by atoms with Gasteiger partial charge >= 0.3 is 0 Å². The molecule has 0 radical (unpaired) electrons. The third-order valence-corrected chi connectivity index (χ3v) is 3.90. The molecule has 2 fully saturated rings. The van der Waals surface area contributed by atoms with Crippen LogP contribution in [0.3, 0.4) is 0 Å². The zero-order chi connectivity index (χ0) is 9.97. The molecule has 3 atom stereocenters. The molecule has 2 rings (SSSR count). The molecule has 14 heavy (non-hydrogen) atoms. The van der Waals surface area contributed by atoms with Crippen LogP contribution in [0.15, 0.2) is 0 Å². The Hall–Kier alpha value is -0.0800. The molecule has 0 spiro atoms. The lowest BCUT2D eigenvalue weighted by atomic mass is 9.80. The first-order chi connectivity index (χ1) is 6.77. The first-order valence-electron chi connectivity index (χ1n) is 6.27. The van der Waals surface area contributed by atoms with E-state index in [2.05, 4.69) is 11.8 Å². The van der Waals surface area contributed by atoms with Gasteiger partial charge in [0, 0.05) is 12.1 Å². The molecule has 2 aliphatic heterocycles. The molecule has 0 aliphatic carbocycles. The summed E-state index contributed by atoms with van der Waals surface area (Å²) in [4.78, 5) is 2.72. The Balaban J connectivity index is 1.94. The predicted octanol–water partition coefficient (Wildman–Crippen LogP) is 1.99. The largest absolute Gasteiger partial charge is 0.328 e. The smallest absolute Gasteiger partial charge is 0.0124 e. The number of nitrogens with zero attached hydrogens (tertiary/aromatic N) is 1. The Bertz CT molecular complexity index is 177. The molecule has 2 heteroatoms. The monoisotopic (exact) mass is 196 g/mol. The van der Waals surface area contributed by atoms with Crippen molar-refractivity contribution in [3.63, 3.8) is 0 Å². The van der Waals surface area contributed by atoms with E-state index in [1.165, 1.54) is 51.6 Å². The predicted molar refractivity (Wildman–Crippen MR) is 60.2 cm³/mol. The van der Waals surface area contributed by atoms with E-state index in [0.29, 0.717) is 6.04 Å². The molecular weight excluding hydrogens is 172 g/mol.